The van der Waals surface area contributed by atoms with E-state index in [0.29, 0.717) is 17.1 Å². The van der Waals surface area contributed by atoms with E-state index in [1.54, 1.807) is 12.2 Å². The van der Waals surface area contributed by atoms with E-state index in [1.807, 2.05) is 0 Å². The Morgan fingerprint density at radius 2 is 2.29 bits per heavy atom. The Balaban J connectivity index is 3.08. The molecule has 4 nitrogen and oxygen atoms in total. The molecule has 74 valence electrons. The van der Waals surface area contributed by atoms with Gasteiger partial charge in [-0.05, 0) is 11.6 Å². The Bertz CT molecular complexity index is 377. The van der Waals surface area contributed by atoms with Gasteiger partial charge in [0.05, 0.1) is 4.92 Å². The number of halogens is 1. The van der Waals surface area contributed by atoms with Crippen molar-refractivity contribution in [2.24, 2.45) is 5.73 Å². The molecule has 0 radical (unpaired) electrons. The molecule has 0 spiro atoms. The van der Waals surface area contributed by atoms with Crippen molar-refractivity contribution in [2.45, 2.75) is 0 Å². The molecule has 2 N–H and O–H groups in total. The average Bonchev–Trinajstić information content (AvgIpc) is 2.16. The number of hydrogen-bond acceptors (Lipinski definition) is 3. The molecule has 0 aliphatic carbocycles. The standard InChI is InChI=1S/C9H9ClN2O2/c10-9-4-3-8(12(13)14)6-7(9)2-1-5-11/h1-4,6H,5,11H2. The maximum Gasteiger partial charge on any atom is 0.270 e. The van der Waals surface area contributed by atoms with Crippen molar-refractivity contribution < 1.29 is 4.92 Å². The van der Waals surface area contributed by atoms with Crippen molar-refractivity contribution in [3.63, 3.8) is 0 Å². The summed E-state index contributed by atoms with van der Waals surface area (Å²) < 4.78 is 0. The smallest absolute Gasteiger partial charge is 0.270 e. The fourth-order valence-electron chi connectivity index (χ4n) is 0.967. The van der Waals surface area contributed by atoms with Crippen LogP contribution in [0.15, 0.2) is 24.3 Å². The predicted molar refractivity (Wildman–Crippen MR) is 56.2 cm³/mol. The molecule has 1 rings (SSSR count). The number of non-ortho nitro benzene ring substituents is 1. The van der Waals surface area contributed by atoms with Gasteiger partial charge in [0.25, 0.3) is 5.69 Å². The number of nitrogens with two attached hydrogens (primary N) is 1. The van der Waals surface area contributed by atoms with Gasteiger partial charge in [0.15, 0.2) is 0 Å². The summed E-state index contributed by atoms with van der Waals surface area (Å²) in [7, 11) is 0. The molecule has 5 heteroatoms. The monoisotopic (exact) mass is 212 g/mol. The van der Waals surface area contributed by atoms with Gasteiger partial charge in [0, 0.05) is 23.7 Å². The summed E-state index contributed by atoms with van der Waals surface area (Å²) >= 11 is 5.82. The molecule has 0 saturated heterocycles. The molecule has 0 aromatic heterocycles. The lowest BCUT2D eigenvalue weighted by molar-refractivity contribution is -0.384. The number of hydrogen-bond donors (Lipinski definition) is 1. The van der Waals surface area contributed by atoms with E-state index >= 15 is 0 Å². The van der Waals surface area contributed by atoms with Crippen LogP contribution in [0.5, 0.6) is 0 Å². The van der Waals surface area contributed by atoms with Gasteiger partial charge < -0.3 is 5.73 Å². The maximum atomic E-state index is 10.5. The fourth-order valence-corrected chi connectivity index (χ4v) is 1.15. The molecule has 1 aromatic carbocycles. The molecular formula is C9H9ClN2O2. The van der Waals surface area contributed by atoms with E-state index in [0.717, 1.165) is 0 Å². The highest BCUT2D eigenvalue weighted by Gasteiger charge is 2.07. The number of nitrogens with zero attached hydrogens (tertiary/aromatic N) is 1. The van der Waals surface area contributed by atoms with E-state index in [2.05, 4.69) is 0 Å². The molecule has 0 bridgehead atoms. The average molecular weight is 213 g/mol. The van der Waals surface area contributed by atoms with Gasteiger partial charge in [0.2, 0.25) is 0 Å². The fraction of sp³-hybridized carbons (Fsp3) is 0.111. The molecule has 0 heterocycles. The van der Waals surface area contributed by atoms with E-state index in [4.69, 9.17) is 17.3 Å². The van der Waals surface area contributed by atoms with E-state index < -0.39 is 4.92 Å². The van der Waals surface area contributed by atoms with Crippen LogP contribution in [0.1, 0.15) is 5.56 Å². The van der Waals surface area contributed by atoms with Gasteiger partial charge >= 0.3 is 0 Å². The SMILES string of the molecule is NCC=Cc1cc([N+](=O)[O-])ccc1Cl. The van der Waals surface area contributed by atoms with Crippen molar-refractivity contribution >= 4 is 23.4 Å². The summed E-state index contributed by atoms with van der Waals surface area (Å²) in [4.78, 5) is 9.99. The van der Waals surface area contributed by atoms with Crippen LogP contribution in [0, 0.1) is 10.1 Å². The predicted octanol–water partition coefficient (Wildman–Crippen LogP) is 2.22. The second-order valence-corrected chi connectivity index (χ2v) is 3.01. The van der Waals surface area contributed by atoms with Crippen LogP contribution in [-0.2, 0) is 0 Å². The Kier molecular flexibility index (Phi) is 3.62. The Morgan fingerprint density at radius 1 is 1.57 bits per heavy atom. The summed E-state index contributed by atoms with van der Waals surface area (Å²) in [5.41, 5.74) is 5.88. The van der Waals surface area contributed by atoms with E-state index in [-0.39, 0.29) is 5.69 Å². The third-order valence-corrected chi connectivity index (χ3v) is 1.97. The van der Waals surface area contributed by atoms with Crippen LogP contribution in [0.4, 0.5) is 5.69 Å². The highest BCUT2D eigenvalue weighted by molar-refractivity contribution is 6.32. The molecule has 0 aliphatic heterocycles. The second-order valence-electron chi connectivity index (χ2n) is 2.60. The largest absolute Gasteiger partial charge is 0.327 e. The summed E-state index contributed by atoms with van der Waals surface area (Å²) in [6.07, 6.45) is 3.35. The van der Waals surface area contributed by atoms with Crippen LogP contribution in [0.3, 0.4) is 0 Å². The van der Waals surface area contributed by atoms with Crippen LogP contribution in [-0.4, -0.2) is 11.5 Å². The molecule has 0 amide bonds. The quantitative estimate of drug-likeness (QED) is 0.617. The van der Waals surface area contributed by atoms with Crippen LogP contribution < -0.4 is 5.73 Å². The summed E-state index contributed by atoms with van der Waals surface area (Å²) in [5.74, 6) is 0. The molecule has 1 aromatic rings. The number of benzene rings is 1. The van der Waals surface area contributed by atoms with E-state index in [1.165, 1.54) is 18.2 Å². The third-order valence-electron chi connectivity index (χ3n) is 1.62. The highest BCUT2D eigenvalue weighted by Crippen LogP contribution is 2.22. The van der Waals surface area contributed by atoms with E-state index in [9.17, 15) is 10.1 Å². The van der Waals surface area contributed by atoms with Gasteiger partial charge in [-0.15, -0.1) is 0 Å². The summed E-state index contributed by atoms with van der Waals surface area (Å²) in [5, 5.41) is 10.9. The lowest BCUT2D eigenvalue weighted by Gasteiger charge is -1.97. The minimum Gasteiger partial charge on any atom is -0.327 e. The van der Waals surface area contributed by atoms with Gasteiger partial charge in [0.1, 0.15) is 0 Å². The zero-order valence-electron chi connectivity index (χ0n) is 7.31. The normalized spacial score (nSPS) is 10.7. The summed E-state index contributed by atoms with van der Waals surface area (Å²) in [6.45, 7) is 0.374. The molecule has 0 aliphatic rings. The zero-order valence-corrected chi connectivity index (χ0v) is 8.07. The first-order valence-electron chi connectivity index (χ1n) is 3.95. The number of nitro benzene ring substituents is 1. The Hall–Kier alpha value is -1.39. The molecule has 0 unspecified atom stereocenters. The molecular weight excluding hydrogens is 204 g/mol. The Labute approximate surface area is 86.1 Å². The minimum absolute atomic E-state index is 0.0195. The number of rotatable bonds is 3. The van der Waals surface area contributed by atoms with Crippen molar-refractivity contribution in [1.29, 1.82) is 0 Å². The summed E-state index contributed by atoms with van der Waals surface area (Å²) in [6, 6.07) is 4.27. The van der Waals surface area contributed by atoms with Gasteiger partial charge in [-0.1, -0.05) is 23.8 Å². The molecule has 14 heavy (non-hydrogen) atoms. The first kappa shape index (κ1) is 10.7. The van der Waals surface area contributed by atoms with Crippen LogP contribution in [0.25, 0.3) is 6.08 Å². The molecule has 0 saturated carbocycles. The van der Waals surface area contributed by atoms with Gasteiger partial charge in [-0.2, -0.15) is 0 Å². The second kappa shape index (κ2) is 4.74. The van der Waals surface area contributed by atoms with Crippen molar-refractivity contribution in [1.82, 2.24) is 0 Å². The van der Waals surface area contributed by atoms with Crippen molar-refractivity contribution in [2.75, 3.05) is 6.54 Å². The van der Waals surface area contributed by atoms with Gasteiger partial charge in [-0.25, -0.2) is 0 Å². The number of nitro groups is 1. The van der Waals surface area contributed by atoms with Gasteiger partial charge in [-0.3, -0.25) is 10.1 Å². The van der Waals surface area contributed by atoms with Crippen LogP contribution in [0.2, 0.25) is 5.02 Å². The van der Waals surface area contributed by atoms with Crippen LogP contribution >= 0.6 is 11.6 Å². The maximum absolute atomic E-state index is 10.5. The lowest BCUT2D eigenvalue weighted by Crippen LogP contribution is -1.92. The first-order valence-corrected chi connectivity index (χ1v) is 4.33. The first-order chi connectivity index (χ1) is 6.65. The minimum atomic E-state index is -0.462. The third kappa shape index (κ3) is 2.55. The van der Waals surface area contributed by atoms with Crippen molar-refractivity contribution in [3.05, 3.63) is 45.0 Å². The highest BCUT2D eigenvalue weighted by atomic mass is 35.5. The molecule has 0 fully saturated rings. The zero-order chi connectivity index (χ0) is 10.6. The van der Waals surface area contributed by atoms with Crippen molar-refractivity contribution in [3.8, 4) is 0 Å². The lowest BCUT2D eigenvalue weighted by atomic mass is 10.2. The Morgan fingerprint density at radius 3 is 2.86 bits per heavy atom. The molecule has 0 atom stereocenters. The topological polar surface area (TPSA) is 69.2 Å².